The largest absolute Gasteiger partial charge is 0.748 e. The van der Waals surface area contributed by atoms with Gasteiger partial charge in [0, 0.05) is 60.5 Å². The lowest BCUT2D eigenvalue weighted by Gasteiger charge is -2.48. The molecule has 0 radical (unpaired) electrons. The Kier molecular flexibility index (Phi) is 16.9. The summed E-state index contributed by atoms with van der Waals surface area (Å²) in [7, 11) is -21.4. The monoisotopic (exact) mass is 1130 g/mol. The van der Waals surface area contributed by atoms with Gasteiger partial charge in [0.25, 0.3) is 5.56 Å². The molecule has 2 aromatic heterocycles. The summed E-state index contributed by atoms with van der Waals surface area (Å²) >= 11 is 0. The molecule has 8 atom stereocenters. The number of phosphoric acid groups is 3. The predicted octanol–water partition coefficient (Wildman–Crippen LogP) is 1.98. The minimum Gasteiger partial charge on any atom is -0.748 e. The molecule has 8 rings (SSSR count). The highest BCUT2D eigenvalue weighted by atomic mass is 32.2. The third-order valence-corrected chi connectivity index (χ3v) is 18.3. The van der Waals surface area contributed by atoms with Crippen LogP contribution in [-0.4, -0.2) is 132 Å². The van der Waals surface area contributed by atoms with Crippen LogP contribution < -0.4 is 41.5 Å². The molecule has 412 valence electrons. The van der Waals surface area contributed by atoms with Crippen LogP contribution in [0, 0.1) is 0 Å². The van der Waals surface area contributed by atoms with Crippen molar-refractivity contribution in [1.29, 1.82) is 0 Å². The average Bonchev–Trinajstić information content (AvgIpc) is 3.85. The van der Waals surface area contributed by atoms with Crippen LogP contribution in [0.25, 0.3) is 11.2 Å². The van der Waals surface area contributed by atoms with Gasteiger partial charge < -0.3 is 54.9 Å². The number of aliphatic hydroxyl groups excluding tert-OH is 2. The minimum absolute atomic E-state index is 0.129. The number of imidazole rings is 1. The molecule has 75 heavy (non-hydrogen) atoms. The van der Waals surface area contributed by atoms with Crippen LogP contribution >= 0.6 is 23.5 Å². The smallest absolute Gasteiger partial charge is 0.490 e. The zero-order valence-corrected chi connectivity index (χ0v) is 44.5. The zero-order valence-electron chi connectivity index (χ0n) is 41.0. The van der Waals surface area contributed by atoms with Gasteiger partial charge in [0.15, 0.2) is 28.9 Å². The van der Waals surface area contributed by atoms with E-state index in [1.165, 1.54) is 5.56 Å². The molecular weight excluding hydrogens is 1070 g/mol. The summed E-state index contributed by atoms with van der Waals surface area (Å²) in [4.78, 5) is 72.3. The van der Waals surface area contributed by atoms with Crippen molar-refractivity contribution in [2.75, 3.05) is 55.8 Å². The number of hydrogen-bond donors (Lipinski definition) is 8. The molecule has 4 unspecified atom stereocenters. The van der Waals surface area contributed by atoms with E-state index in [1.807, 2.05) is 38.1 Å². The number of unbranched alkanes of at least 4 members (excludes halogenated alkanes) is 3. The molecule has 1 saturated heterocycles. The topological polar surface area (TPSA) is 402 Å². The zero-order chi connectivity index (χ0) is 54.3. The quantitative estimate of drug-likeness (QED) is 0.0201. The lowest BCUT2D eigenvalue weighted by Crippen LogP contribution is -2.50. The first-order valence-corrected chi connectivity index (χ1v) is 30.2. The maximum atomic E-state index is 12.9. The fourth-order valence-electron chi connectivity index (χ4n) is 9.88. The van der Waals surface area contributed by atoms with E-state index in [1.54, 1.807) is 0 Å². The first-order chi connectivity index (χ1) is 35.2. The van der Waals surface area contributed by atoms with Gasteiger partial charge >= 0.3 is 23.5 Å². The number of amides is 1. The Bertz CT molecular complexity index is 3290. The molecular formula is C43H60N9O19P3S. The van der Waals surface area contributed by atoms with Gasteiger partial charge in [-0.1, -0.05) is 12.8 Å². The molecule has 4 aliphatic heterocycles. The molecule has 9 N–H and O–H groups in total. The summed E-state index contributed by atoms with van der Waals surface area (Å²) in [6.07, 6.45) is -0.911. The van der Waals surface area contributed by atoms with E-state index >= 15 is 0 Å². The second-order valence-electron chi connectivity index (χ2n) is 19.2. The van der Waals surface area contributed by atoms with Crippen molar-refractivity contribution in [1.82, 2.24) is 29.4 Å². The van der Waals surface area contributed by atoms with Gasteiger partial charge in [-0.2, -0.15) is 13.6 Å². The fourth-order valence-corrected chi connectivity index (χ4v) is 14.2. The Balaban J connectivity index is 0.754. The highest BCUT2D eigenvalue weighted by Crippen LogP contribution is 2.68. The number of aryl methyl sites for hydroxylation is 1. The van der Waals surface area contributed by atoms with Crippen molar-refractivity contribution in [3.8, 4) is 11.5 Å². The first-order valence-electron chi connectivity index (χ1n) is 24.1. The Morgan fingerprint density at radius 3 is 2.48 bits per heavy atom. The van der Waals surface area contributed by atoms with Crippen molar-refractivity contribution in [3.63, 3.8) is 0 Å². The molecule has 6 heterocycles. The molecule has 4 aromatic rings. The van der Waals surface area contributed by atoms with E-state index in [-0.39, 0.29) is 35.9 Å². The Labute approximate surface area is 429 Å². The summed E-state index contributed by atoms with van der Waals surface area (Å²) < 4.78 is 107. The van der Waals surface area contributed by atoms with E-state index in [0.717, 1.165) is 42.2 Å². The number of fused-ring (bicyclic) bond motifs is 5. The van der Waals surface area contributed by atoms with Gasteiger partial charge in [-0.3, -0.25) is 28.2 Å². The number of phosphoric ester groups is 2. The third-order valence-electron chi connectivity index (χ3n) is 13.2. The number of ether oxygens (including phenoxy) is 2. The average molecular weight is 1130 g/mol. The van der Waals surface area contributed by atoms with Gasteiger partial charge in [0.05, 0.1) is 35.7 Å². The summed E-state index contributed by atoms with van der Waals surface area (Å²) in [5.74, 6) is -0.543. The highest BCUT2D eigenvalue weighted by Gasteiger charge is 2.48. The molecule has 2 aromatic carbocycles. The molecule has 4 aliphatic rings. The molecule has 0 bridgehead atoms. The SMILES string of the molecule is CC[N+]1=c2cc3c(cc2CCC1)=Nc1cc2c(cc1O3)N(CCCC(=O)NCCCCCCOP(=O)(O)OP(=O)(O)OP(=O)(O)OC[C@H]1O[C@@H](n3cnc4c(=O)[nH]c(N)nc43)[C@H](O)[C@@H]1O)C(C)(C)CC2CS(=O)(=O)[O-]. The number of H-pyrrole nitrogens is 1. The molecule has 1 fully saturated rings. The molecule has 0 aliphatic carbocycles. The number of nitrogens with two attached hydrogens (primary N) is 1. The maximum absolute atomic E-state index is 12.9. The van der Waals surface area contributed by atoms with Crippen LogP contribution in [0.2, 0.25) is 0 Å². The molecule has 28 nitrogen and oxygen atoms in total. The van der Waals surface area contributed by atoms with E-state index < -0.39 is 94.1 Å². The van der Waals surface area contributed by atoms with E-state index in [4.69, 9.17) is 24.7 Å². The van der Waals surface area contributed by atoms with Gasteiger partial charge in [-0.25, -0.2) is 36.7 Å². The van der Waals surface area contributed by atoms with Crippen LogP contribution in [0.4, 0.5) is 17.3 Å². The summed E-state index contributed by atoms with van der Waals surface area (Å²) in [6.45, 7) is 7.11. The van der Waals surface area contributed by atoms with Crippen LogP contribution in [0.15, 0.2) is 40.4 Å². The van der Waals surface area contributed by atoms with Crippen molar-refractivity contribution in [2.45, 2.75) is 115 Å². The third kappa shape index (κ3) is 13.6. The predicted molar refractivity (Wildman–Crippen MR) is 264 cm³/mol. The fraction of sp³-hybridized carbons (Fsp3) is 0.581. The van der Waals surface area contributed by atoms with Crippen LogP contribution in [0.5, 0.6) is 11.5 Å². The normalized spacial score (nSPS) is 23.4. The second kappa shape index (κ2) is 22.4. The van der Waals surface area contributed by atoms with Crippen LogP contribution in [-0.2, 0) is 57.4 Å². The number of aromatic nitrogens is 4. The Morgan fingerprint density at radius 2 is 1.75 bits per heavy atom. The Morgan fingerprint density at radius 1 is 1.01 bits per heavy atom. The lowest BCUT2D eigenvalue weighted by molar-refractivity contribution is -0.121. The number of aliphatic hydroxyl groups is 2. The van der Waals surface area contributed by atoms with E-state index in [2.05, 4.69) is 49.8 Å². The number of carbonyl (C=O) groups is 1. The molecule has 32 heteroatoms. The van der Waals surface area contributed by atoms with E-state index in [0.29, 0.717) is 79.0 Å². The summed E-state index contributed by atoms with van der Waals surface area (Å²) in [5, 5.41) is 25.8. The molecule has 1 amide bonds. The Hall–Kier alpha value is -4.54. The number of nitrogen functional groups attached to an aromatic ring is 1. The summed E-state index contributed by atoms with van der Waals surface area (Å²) in [6, 6.07) is 7.74. The number of anilines is 2. The number of benzene rings is 2. The second-order valence-corrected chi connectivity index (χ2v) is 25.3. The maximum Gasteiger partial charge on any atom is 0.490 e. The van der Waals surface area contributed by atoms with Gasteiger partial charge in [-0.15, -0.1) is 0 Å². The van der Waals surface area contributed by atoms with Crippen molar-refractivity contribution >= 4 is 68.0 Å². The number of rotatable bonds is 23. The van der Waals surface area contributed by atoms with Gasteiger partial charge in [-0.05, 0) is 70.6 Å². The van der Waals surface area contributed by atoms with Crippen LogP contribution in [0.1, 0.15) is 95.4 Å². The number of nitrogens with zero attached hydrogens (tertiary/aromatic N) is 6. The van der Waals surface area contributed by atoms with Crippen molar-refractivity contribution < 1.29 is 83.5 Å². The lowest BCUT2D eigenvalue weighted by atomic mass is 9.79. The van der Waals surface area contributed by atoms with E-state index in [9.17, 15) is 61.1 Å². The number of hydrogen-bond acceptors (Lipinski definition) is 21. The minimum atomic E-state index is -5.84. The molecule has 0 saturated carbocycles. The summed E-state index contributed by atoms with van der Waals surface area (Å²) in [5.41, 5.74) is 7.07. The number of carbonyl (C=O) groups excluding carboxylic acids is 1. The van der Waals surface area contributed by atoms with Gasteiger partial charge in [0.1, 0.15) is 42.4 Å². The van der Waals surface area contributed by atoms with Crippen LogP contribution in [0.3, 0.4) is 0 Å². The van der Waals surface area contributed by atoms with Gasteiger partial charge in [0.2, 0.25) is 17.2 Å². The first kappa shape index (κ1) is 56.7. The number of aromatic amines is 1. The highest BCUT2D eigenvalue weighted by molar-refractivity contribution is 7.85. The van der Waals surface area contributed by atoms with Crippen molar-refractivity contribution in [2.24, 2.45) is 4.99 Å². The standard InChI is InChI=1S/C43H60N9O19P3S/c1-4-50-14-9-11-25-17-28-32(19-30(25)50)68-33-20-31-27(18-29(33)47-28)26(23-75(63,64)65)21-43(2,3)52(31)15-10-12-35(53)45-13-7-5-6-8-16-66-72(57,58)70-74(61,62)71-73(59,60)67-22-34-37(54)38(55)41(69-34)51-24-46-36-39(51)48-42(44)49-40(36)56/h17-20,24,26,34,37-38,41,54-55H,4-16,21-23H2,1-3H3,(H7-,44,45,48,49,53,56,57,58,59,60,61,62,63,64,65)/t26?,34-,37-,38-,41-/m1/s1. The van der Waals surface area contributed by atoms with Crippen molar-refractivity contribution in [3.05, 3.63) is 62.8 Å². The molecule has 0 spiro atoms. The number of nitrogens with one attached hydrogen (secondary N) is 2.